The Bertz CT molecular complexity index is 1080. The summed E-state index contributed by atoms with van der Waals surface area (Å²) >= 11 is 0. The van der Waals surface area contributed by atoms with E-state index in [1.807, 2.05) is 0 Å². The number of nitrogens with two attached hydrogens (primary N) is 3. The van der Waals surface area contributed by atoms with Gasteiger partial charge in [0.15, 0.2) is 0 Å². The van der Waals surface area contributed by atoms with Gasteiger partial charge in [0.1, 0.15) is 12.2 Å². The Morgan fingerprint density at radius 1 is 0.776 bits per heavy atom. The number of hydrogen-bond acceptors (Lipinski definition) is 10. The van der Waals surface area contributed by atoms with Gasteiger partial charge in [0, 0.05) is 31.5 Å². The highest BCUT2D eigenvalue weighted by atomic mass is 16.6. The Balaban J connectivity index is 1.58. The van der Waals surface area contributed by atoms with Crippen LogP contribution in [0.1, 0.15) is 130 Å². The quantitative estimate of drug-likeness (QED) is 0.0874. The lowest BCUT2D eigenvalue weighted by Gasteiger charge is -2.64. The van der Waals surface area contributed by atoms with Crippen molar-refractivity contribution in [1.82, 2.24) is 0 Å². The molecule has 0 bridgehead atoms. The summed E-state index contributed by atoms with van der Waals surface area (Å²) in [5.41, 5.74) is 17.1. The van der Waals surface area contributed by atoms with E-state index in [1.165, 1.54) is 6.42 Å². The van der Waals surface area contributed by atoms with Gasteiger partial charge < -0.3 is 36.1 Å². The molecule has 4 aliphatic rings. The van der Waals surface area contributed by atoms with Crippen LogP contribution in [0.3, 0.4) is 0 Å². The van der Waals surface area contributed by atoms with Gasteiger partial charge in [-0.05, 0) is 112 Å². The van der Waals surface area contributed by atoms with E-state index in [1.54, 1.807) is 0 Å². The Kier molecular flexibility index (Phi) is 15.2. The maximum atomic E-state index is 13.2. The molecule has 0 amide bonds. The van der Waals surface area contributed by atoms with Crippen molar-refractivity contribution < 1.29 is 33.3 Å². The molecule has 0 heterocycles. The average molecular weight is 692 g/mol. The van der Waals surface area contributed by atoms with Gasteiger partial charge in [-0.25, -0.2) is 0 Å². The molecule has 6 N–H and O–H groups in total. The number of fused-ring (bicyclic) bond motifs is 5. The average Bonchev–Trinajstić information content (AvgIpc) is 3.43. The van der Waals surface area contributed by atoms with Crippen LogP contribution in [0.4, 0.5) is 0 Å². The minimum Gasteiger partial charge on any atom is -0.466 e. The van der Waals surface area contributed by atoms with Crippen LogP contribution in [-0.2, 0) is 33.3 Å². The molecule has 10 nitrogen and oxygen atoms in total. The number of carbonyl (C=O) groups excluding carboxylic acids is 3. The van der Waals surface area contributed by atoms with Crippen molar-refractivity contribution in [2.24, 2.45) is 63.5 Å². The first kappa shape index (κ1) is 40.0. The number of carbonyl (C=O) groups is 3. The zero-order valence-corrected chi connectivity index (χ0v) is 31.1. The largest absolute Gasteiger partial charge is 0.466 e. The van der Waals surface area contributed by atoms with Crippen LogP contribution in [0, 0.1) is 46.3 Å². The first-order valence-electron chi connectivity index (χ1n) is 19.8. The molecule has 4 fully saturated rings. The van der Waals surface area contributed by atoms with Crippen molar-refractivity contribution >= 4 is 17.9 Å². The van der Waals surface area contributed by atoms with E-state index < -0.39 is 0 Å². The fourth-order valence-electron chi connectivity index (χ4n) is 10.9. The van der Waals surface area contributed by atoms with Crippen LogP contribution >= 0.6 is 0 Å². The van der Waals surface area contributed by atoms with Crippen molar-refractivity contribution in [2.75, 3.05) is 32.8 Å². The van der Waals surface area contributed by atoms with Gasteiger partial charge >= 0.3 is 17.9 Å². The van der Waals surface area contributed by atoms with Crippen LogP contribution in [0.2, 0.25) is 0 Å². The van der Waals surface area contributed by atoms with Crippen LogP contribution < -0.4 is 17.2 Å². The predicted octanol–water partition coefficient (Wildman–Crippen LogP) is 5.66. The number of ether oxygens (including phenoxy) is 4. The summed E-state index contributed by atoms with van der Waals surface area (Å²) in [5.74, 6) is 1.32. The molecule has 0 spiro atoms. The van der Waals surface area contributed by atoms with E-state index in [0.29, 0.717) is 62.3 Å². The minimum atomic E-state index is -0.247. The lowest BCUT2D eigenvalue weighted by atomic mass is 9.43. The van der Waals surface area contributed by atoms with Gasteiger partial charge in [-0.3, -0.25) is 14.4 Å². The molecule has 49 heavy (non-hydrogen) atoms. The van der Waals surface area contributed by atoms with Crippen molar-refractivity contribution in [3.8, 4) is 0 Å². The third kappa shape index (κ3) is 9.38. The van der Waals surface area contributed by atoms with Gasteiger partial charge in [-0.2, -0.15) is 0 Å². The molecule has 0 aromatic heterocycles. The standard InChI is InChI=1S/C39H69N3O7/c1-5-6-7-8-21-47-34(43)13-10-26(2)29-11-12-30-37-31(25-33(39(29,30)4)49-36(45)16-20-42)38(3)17-14-28(48-35(44)15-19-41)23-27(38)24-32(37)46-22-9-18-40/h26-33,37H,5-25,40-42H2,1-4H3/t26-,27+,28-,29-,30+,31+,32-,33+,37+,38+,39-/m1/s1. The molecule has 10 heteroatoms. The topological polar surface area (TPSA) is 166 Å². The molecular formula is C39H69N3O7. The molecule has 282 valence electrons. The SMILES string of the molecule is CCCCCCOC(=O)CC[C@@H](C)[C@H]1CC[C@H]2[C@@H]3[C@H](OCCCN)C[C@@H]4C[C@H](OC(=O)CCN)CC[C@]4(C)[C@H]3C[C@H](OC(=O)CCN)[C@]12C. The Morgan fingerprint density at radius 3 is 2.20 bits per heavy atom. The first-order chi connectivity index (χ1) is 23.5. The third-order valence-electron chi connectivity index (χ3n) is 13.5. The van der Waals surface area contributed by atoms with E-state index in [9.17, 15) is 14.4 Å². The van der Waals surface area contributed by atoms with Crippen molar-refractivity contribution in [2.45, 2.75) is 149 Å². The van der Waals surface area contributed by atoms with Crippen LogP contribution in [0.15, 0.2) is 0 Å². The van der Waals surface area contributed by atoms with E-state index in [0.717, 1.165) is 77.0 Å². The minimum absolute atomic E-state index is 0.0135. The zero-order valence-electron chi connectivity index (χ0n) is 31.1. The molecule has 0 radical (unpaired) electrons. The summed E-state index contributed by atoms with van der Waals surface area (Å²) in [7, 11) is 0. The monoisotopic (exact) mass is 692 g/mol. The number of esters is 3. The molecule has 0 aromatic carbocycles. The van der Waals surface area contributed by atoms with Gasteiger partial charge in [0.2, 0.25) is 0 Å². The van der Waals surface area contributed by atoms with E-state index in [4.69, 9.17) is 36.1 Å². The van der Waals surface area contributed by atoms with Gasteiger partial charge in [0.25, 0.3) is 0 Å². The summed E-state index contributed by atoms with van der Waals surface area (Å²) < 4.78 is 24.8. The summed E-state index contributed by atoms with van der Waals surface area (Å²) in [6.45, 7) is 11.5. The van der Waals surface area contributed by atoms with Gasteiger partial charge in [0.05, 0.1) is 25.6 Å². The molecule has 0 unspecified atom stereocenters. The molecule has 0 aromatic rings. The lowest BCUT2D eigenvalue weighted by molar-refractivity contribution is -0.226. The smallest absolute Gasteiger partial charge is 0.307 e. The van der Waals surface area contributed by atoms with Gasteiger partial charge in [-0.1, -0.05) is 47.0 Å². The number of rotatable bonds is 19. The first-order valence-corrected chi connectivity index (χ1v) is 19.8. The third-order valence-corrected chi connectivity index (χ3v) is 13.5. The van der Waals surface area contributed by atoms with Crippen molar-refractivity contribution in [3.05, 3.63) is 0 Å². The highest BCUT2D eigenvalue weighted by Gasteiger charge is 2.67. The maximum absolute atomic E-state index is 13.2. The second kappa shape index (κ2) is 18.7. The van der Waals surface area contributed by atoms with Crippen molar-refractivity contribution in [3.63, 3.8) is 0 Å². The number of unbranched alkanes of at least 4 members (excludes halogenated alkanes) is 3. The lowest BCUT2D eigenvalue weighted by Crippen LogP contribution is -2.63. The molecule has 4 rings (SSSR count). The zero-order chi connectivity index (χ0) is 35.6. The molecule has 0 aliphatic heterocycles. The van der Waals surface area contributed by atoms with Crippen LogP contribution in [0.25, 0.3) is 0 Å². The summed E-state index contributed by atoms with van der Waals surface area (Å²) in [5, 5.41) is 0. The fourth-order valence-corrected chi connectivity index (χ4v) is 10.9. The Morgan fingerprint density at radius 2 is 1.51 bits per heavy atom. The molecule has 4 aliphatic carbocycles. The number of hydrogen-bond donors (Lipinski definition) is 3. The summed E-state index contributed by atoms with van der Waals surface area (Å²) in [4.78, 5) is 38.3. The van der Waals surface area contributed by atoms with E-state index in [2.05, 4.69) is 27.7 Å². The Labute approximate surface area is 296 Å². The fraction of sp³-hybridized carbons (Fsp3) is 0.923. The maximum Gasteiger partial charge on any atom is 0.307 e. The van der Waals surface area contributed by atoms with Crippen LogP contribution in [0.5, 0.6) is 0 Å². The summed E-state index contributed by atoms with van der Waals surface area (Å²) in [6, 6.07) is 0. The Hall–Kier alpha value is -1.75. The highest BCUT2D eigenvalue weighted by molar-refractivity contribution is 5.70. The normalized spacial score (nSPS) is 35.8. The van der Waals surface area contributed by atoms with E-state index >= 15 is 0 Å². The van der Waals surface area contributed by atoms with Gasteiger partial charge in [-0.15, -0.1) is 0 Å². The molecule has 4 saturated carbocycles. The molecule has 11 atom stereocenters. The second-order valence-electron chi connectivity index (χ2n) is 16.3. The molecule has 0 saturated heterocycles. The second-order valence-corrected chi connectivity index (χ2v) is 16.3. The van der Waals surface area contributed by atoms with Crippen LogP contribution in [-0.4, -0.2) is 69.1 Å². The van der Waals surface area contributed by atoms with E-state index in [-0.39, 0.29) is 72.4 Å². The highest BCUT2D eigenvalue weighted by Crippen LogP contribution is 2.69. The predicted molar refractivity (Wildman–Crippen MR) is 190 cm³/mol. The molecular weight excluding hydrogens is 622 g/mol. The summed E-state index contributed by atoms with van der Waals surface area (Å²) in [6.07, 6.45) is 12.9. The van der Waals surface area contributed by atoms with Crippen molar-refractivity contribution in [1.29, 1.82) is 0 Å².